The van der Waals surface area contributed by atoms with Crippen molar-refractivity contribution in [1.29, 1.82) is 0 Å². The van der Waals surface area contributed by atoms with Crippen LogP contribution in [0.3, 0.4) is 0 Å². The van der Waals surface area contributed by atoms with Crippen LogP contribution in [-0.2, 0) is 6.42 Å². The monoisotopic (exact) mass is 288 g/mol. The first kappa shape index (κ1) is 15.2. The lowest BCUT2D eigenvalue weighted by Crippen LogP contribution is -2.43. The summed E-state index contributed by atoms with van der Waals surface area (Å²) in [6, 6.07) is 8.32. The second-order valence-electron chi connectivity index (χ2n) is 6.71. The molecule has 1 aromatic heterocycles. The molecule has 0 saturated carbocycles. The molecule has 0 aliphatic rings. The molecule has 108 valence electrons. The fourth-order valence-electron chi connectivity index (χ4n) is 2.01. The Bertz CT molecular complexity index is 561. The third-order valence-corrected chi connectivity index (χ3v) is 4.44. The predicted octanol–water partition coefficient (Wildman–Crippen LogP) is 4.42. The van der Waals surface area contributed by atoms with E-state index >= 15 is 0 Å². The van der Waals surface area contributed by atoms with Gasteiger partial charge in [-0.25, -0.2) is 4.98 Å². The summed E-state index contributed by atoms with van der Waals surface area (Å²) in [4.78, 5) is 4.73. The average Bonchev–Trinajstić information content (AvgIpc) is 2.77. The van der Waals surface area contributed by atoms with Crippen molar-refractivity contribution >= 4 is 21.6 Å². The minimum Gasteiger partial charge on any atom is -0.311 e. The summed E-state index contributed by atoms with van der Waals surface area (Å²) in [7, 11) is 0. The van der Waals surface area contributed by atoms with Crippen molar-refractivity contribution in [2.75, 3.05) is 6.54 Å². The maximum absolute atomic E-state index is 4.73. The van der Waals surface area contributed by atoms with Crippen molar-refractivity contribution in [2.45, 2.75) is 39.7 Å². The van der Waals surface area contributed by atoms with Gasteiger partial charge in [0.25, 0.3) is 0 Å². The number of nitrogens with one attached hydrogen (secondary N) is 1. The van der Waals surface area contributed by atoms with Gasteiger partial charge in [-0.2, -0.15) is 0 Å². The van der Waals surface area contributed by atoms with Gasteiger partial charge in [0.05, 0.1) is 15.2 Å². The van der Waals surface area contributed by atoms with E-state index in [1.165, 1.54) is 9.71 Å². The molecule has 3 heteroatoms. The second-order valence-corrected chi connectivity index (χ2v) is 7.83. The number of aromatic nitrogens is 1. The molecule has 0 aliphatic carbocycles. The quantitative estimate of drug-likeness (QED) is 0.824. The Kier molecular flexibility index (Phi) is 4.31. The van der Waals surface area contributed by atoms with E-state index < -0.39 is 0 Å². The summed E-state index contributed by atoms with van der Waals surface area (Å²) in [6.45, 7) is 13.7. The SMILES string of the molecule is C=CC(C)(CNC(C)(C)C)Cc1nc2ccccc2s1. The summed E-state index contributed by atoms with van der Waals surface area (Å²) in [6.07, 6.45) is 2.98. The van der Waals surface area contributed by atoms with Crippen LogP contribution in [0.4, 0.5) is 0 Å². The highest BCUT2D eigenvalue weighted by Gasteiger charge is 2.24. The summed E-state index contributed by atoms with van der Waals surface area (Å²) in [5.74, 6) is 0. The summed E-state index contributed by atoms with van der Waals surface area (Å²) in [5, 5.41) is 4.76. The Morgan fingerprint density at radius 1 is 1.25 bits per heavy atom. The first-order valence-electron chi connectivity index (χ1n) is 7.04. The molecule has 0 fully saturated rings. The minimum absolute atomic E-state index is 0.0289. The zero-order valence-electron chi connectivity index (χ0n) is 12.9. The lowest BCUT2D eigenvalue weighted by molar-refractivity contribution is 0.322. The Balaban J connectivity index is 2.14. The van der Waals surface area contributed by atoms with Crippen LogP contribution in [0, 0.1) is 5.41 Å². The molecule has 2 nitrogen and oxygen atoms in total. The van der Waals surface area contributed by atoms with Crippen LogP contribution in [0.15, 0.2) is 36.9 Å². The highest BCUT2D eigenvalue weighted by atomic mass is 32.1. The zero-order chi connectivity index (χ0) is 14.8. The van der Waals surface area contributed by atoms with Crippen LogP contribution >= 0.6 is 11.3 Å². The van der Waals surface area contributed by atoms with Crippen LogP contribution in [0.1, 0.15) is 32.7 Å². The number of para-hydroxylation sites is 1. The molecule has 0 aliphatic heterocycles. The molecule has 1 unspecified atom stereocenters. The number of hydrogen-bond acceptors (Lipinski definition) is 3. The average molecular weight is 288 g/mol. The van der Waals surface area contributed by atoms with Gasteiger partial charge in [-0.1, -0.05) is 25.1 Å². The fraction of sp³-hybridized carbons (Fsp3) is 0.471. The van der Waals surface area contributed by atoms with Crippen molar-refractivity contribution in [3.8, 4) is 0 Å². The molecule has 20 heavy (non-hydrogen) atoms. The van der Waals surface area contributed by atoms with Gasteiger partial charge < -0.3 is 5.32 Å². The molecular weight excluding hydrogens is 264 g/mol. The standard InChI is InChI=1S/C17H24N2S/c1-6-17(5,12-18-16(2,3)4)11-15-19-13-9-7-8-10-14(13)20-15/h6-10,18H,1,11-12H2,2-5H3. The van der Waals surface area contributed by atoms with E-state index in [-0.39, 0.29) is 11.0 Å². The molecular formula is C17H24N2S. The van der Waals surface area contributed by atoms with Gasteiger partial charge in [-0.15, -0.1) is 17.9 Å². The lowest BCUT2D eigenvalue weighted by atomic mass is 9.86. The Morgan fingerprint density at radius 2 is 1.95 bits per heavy atom. The number of fused-ring (bicyclic) bond motifs is 1. The molecule has 2 rings (SSSR count). The van der Waals surface area contributed by atoms with Crippen molar-refractivity contribution in [3.05, 3.63) is 41.9 Å². The van der Waals surface area contributed by atoms with E-state index in [0.717, 1.165) is 18.5 Å². The van der Waals surface area contributed by atoms with Gasteiger partial charge in [0.2, 0.25) is 0 Å². The van der Waals surface area contributed by atoms with Crippen LogP contribution in [0.5, 0.6) is 0 Å². The van der Waals surface area contributed by atoms with Crippen LogP contribution < -0.4 is 5.32 Å². The minimum atomic E-state index is 0.0289. The molecule has 0 bridgehead atoms. The van der Waals surface area contributed by atoms with Gasteiger partial charge in [-0.3, -0.25) is 0 Å². The second kappa shape index (κ2) is 5.66. The highest BCUT2D eigenvalue weighted by molar-refractivity contribution is 7.18. The predicted molar refractivity (Wildman–Crippen MR) is 89.4 cm³/mol. The molecule has 1 aromatic carbocycles. The lowest BCUT2D eigenvalue weighted by Gasteiger charge is -2.30. The molecule has 1 atom stereocenters. The summed E-state index contributed by atoms with van der Waals surface area (Å²) < 4.78 is 1.26. The van der Waals surface area contributed by atoms with Gasteiger partial charge in [0, 0.05) is 23.9 Å². The van der Waals surface area contributed by atoms with E-state index in [4.69, 9.17) is 4.98 Å². The number of nitrogens with zero attached hydrogens (tertiary/aromatic N) is 1. The van der Waals surface area contributed by atoms with Gasteiger partial charge >= 0.3 is 0 Å². The van der Waals surface area contributed by atoms with Crippen LogP contribution in [-0.4, -0.2) is 17.1 Å². The maximum Gasteiger partial charge on any atom is 0.0947 e. The normalized spacial score (nSPS) is 15.2. The van der Waals surface area contributed by atoms with E-state index in [9.17, 15) is 0 Å². The molecule has 0 radical (unpaired) electrons. The van der Waals surface area contributed by atoms with Gasteiger partial charge in [-0.05, 0) is 32.9 Å². The zero-order valence-corrected chi connectivity index (χ0v) is 13.7. The molecule has 0 spiro atoms. The number of thiazole rings is 1. The summed E-state index contributed by atoms with van der Waals surface area (Å²) in [5.41, 5.74) is 1.25. The van der Waals surface area contributed by atoms with Crippen molar-refractivity contribution in [2.24, 2.45) is 5.41 Å². The largest absolute Gasteiger partial charge is 0.311 e. The molecule has 0 saturated heterocycles. The van der Waals surface area contributed by atoms with E-state index in [2.05, 4.69) is 63.9 Å². The third kappa shape index (κ3) is 3.90. The van der Waals surface area contributed by atoms with Gasteiger partial charge in [0.15, 0.2) is 0 Å². The first-order chi connectivity index (χ1) is 9.31. The molecule has 0 amide bonds. The fourth-order valence-corrected chi connectivity index (χ4v) is 3.18. The number of hydrogen-bond donors (Lipinski definition) is 1. The first-order valence-corrected chi connectivity index (χ1v) is 7.86. The Morgan fingerprint density at radius 3 is 2.55 bits per heavy atom. The van der Waals surface area contributed by atoms with Gasteiger partial charge in [0.1, 0.15) is 0 Å². The van der Waals surface area contributed by atoms with E-state index in [0.29, 0.717) is 0 Å². The topological polar surface area (TPSA) is 24.9 Å². The molecule has 1 heterocycles. The highest BCUT2D eigenvalue weighted by Crippen LogP contribution is 2.29. The van der Waals surface area contributed by atoms with Crippen molar-refractivity contribution < 1.29 is 0 Å². The van der Waals surface area contributed by atoms with Crippen molar-refractivity contribution in [1.82, 2.24) is 10.3 Å². The van der Waals surface area contributed by atoms with Crippen LogP contribution in [0.25, 0.3) is 10.2 Å². The third-order valence-electron chi connectivity index (χ3n) is 3.41. The number of rotatable bonds is 5. The molecule has 2 aromatic rings. The van der Waals surface area contributed by atoms with E-state index in [1.54, 1.807) is 11.3 Å². The van der Waals surface area contributed by atoms with Crippen molar-refractivity contribution in [3.63, 3.8) is 0 Å². The Labute approximate surface area is 125 Å². The van der Waals surface area contributed by atoms with E-state index in [1.807, 2.05) is 6.07 Å². The van der Waals surface area contributed by atoms with Crippen LogP contribution in [0.2, 0.25) is 0 Å². The summed E-state index contributed by atoms with van der Waals surface area (Å²) >= 11 is 1.79. The molecule has 1 N–H and O–H groups in total. The Hall–Kier alpha value is -1.19. The smallest absolute Gasteiger partial charge is 0.0947 e. The maximum atomic E-state index is 4.73. The number of benzene rings is 1.